The van der Waals surface area contributed by atoms with E-state index in [-0.39, 0.29) is 0 Å². The smallest absolute Gasteiger partial charge is 0.126 e. The molecule has 2 nitrogen and oxygen atoms in total. The van der Waals surface area contributed by atoms with Crippen LogP contribution in [0.1, 0.15) is 22.3 Å². The number of aromatic nitrogens is 1. The Balaban J connectivity index is 2.30. The van der Waals surface area contributed by atoms with E-state index in [0.29, 0.717) is 5.82 Å². The van der Waals surface area contributed by atoms with E-state index in [2.05, 4.69) is 42.2 Å². The third-order valence-corrected chi connectivity index (χ3v) is 2.62. The lowest BCUT2D eigenvalue weighted by Crippen LogP contribution is -1.99. The Morgan fingerprint density at radius 2 is 1.94 bits per heavy atom. The lowest BCUT2D eigenvalue weighted by molar-refractivity contribution is 1.13. The highest BCUT2D eigenvalue weighted by atomic mass is 14.8. The fraction of sp³-hybridized carbons (Fsp3) is 0.214. The summed E-state index contributed by atoms with van der Waals surface area (Å²) in [5.74, 6) is 0.632. The molecule has 1 heterocycles. The maximum Gasteiger partial charge on any atom is 0.126 e. The number of pyridine rings is 1. The monoisotopic (exact) mass is 212 g/mol. The SMILES string of the molecule is Cc1cccc(Cc2cc(C)cnc2N)c1. The quantitative estimate of drug-likeness (QED) is 0.831. The molecule has 1 aromatic carbocycles. The summed E-state index contributed by atoms with van der Waals surface area (Å²) in [4.78, 5) is 4.18. The molecule has 0 amide bonds. The average Bonchev–Trinajstić information content (AvgIpc) is 2.24. The van der Waals surface area contributed by atoms with Crippen molar-refractivity contribution < 1.29 is 0 Å². The van der Waals surface area contributed by atoms with Crippen LogP contribution in [-0.4, -0.2) is 4.98 Å². The van der Waals surface area contributed by atoms with Crippen LogP contribution in [0, 0.1) is 13.8 Å². The van der Waals surface area contributed by atoms with Crippen molar-refractivity contribution in [1.82, 2.24) is 4.98 Å². The van der Waals surface area contributed by atoms with E-state index < -0.39 is 0 Å². The molecule has 2 heteroatoms. The number of benzene rings is 1. The van der Waals surface area contributed by atoms with E-state index in [1.165, 1.54) is 11.1 Å². The van der Waals surface area contributed by atoms with Crippen molar-refractivity contribution in [2.45, 2.75) is 20.3 Å². The molecule has 16 heavy (non-hydrogen) atoms. The number of nitrogen functional groups attached to an aromatic ring is 1. The van der Waals surface area contributed by atoms with Crippen molar-refractivity contribution in [2.75, 3.05) is 5.73 Å². The summed E-state index contributed by atoms with van der Waals surface area (Å²) in [5, 5.41) is 0. The Kier molecular flexibility index (Phi) is 2.91. The van der Waals surface area contributed by atoms with E-state index in [9.17, 15) is 0 Å². The molecule has 0 bridgehead atoms. The molecule has 0 aliphatic heterocycles. The topological polar surface area (TPSA) is 38.9 Å². The van der Waals surface area contributed by atoms with Crippen LogP contribution in [0.2, 0.25) is 0 Å². The Morgan fingerprint density at radius 3 is 2.69 bits per heavy atom. The van der Waals surface area contributed by atoms with E-state index in [4.69, 9.17) is 5.73 Å². The first kappa shape index (κ1) is 10.7. The summed E-state index contributed by atoms with van der Waals surface area (Å²) in [6.07, 6.45) is 2.65. The Labute approximate surface area is 96.1 Å². The highest BCUT2D eigenvalue weighted by molar-refractivity contribution is 5.44. The van der Waals surface area contributed by atoms with Crippen molar-refractivity contribution in [2.24, 2.45) is 0 Å². The first-order valence-corrected chi connectivity index (χ1v) is 5.41. The van der Waals surface area contributed by atoms with Crippen molar-refractivity contribution in [1.29, 1.82) is 0 Å². The standard InChI is InChI=1S/C14H16N2/c1-10-4-3-5-12(6-10)8-13-7-11(2)9-16-14(13)15/h3-7,9H,8H2,1-2H3,(H2,15,16). The number of nitrogens with two attached hydrogens (primary N) is 1. The van der Waals surface area contributed by atoms with Crippen molar-refractivity contribution in [3.63, 3.8) is 0 Å². The van der Waals surface area contributed by atoms with Crippen LogP contribution in [0.3, 0.4) is 0 Å². The van der Waals surface area contributed by atoms with Crippen molar-refractivity contribution >= 4 is 5.82 Å². The van der Waals surface area contributed by atoms with Gasteiger partial charge in [-0.1, -0.05) is 35.9 Å². The molecular weight excluding hydrogens is 196 g/mol. The van der Waals surface area contributed by atoms with Gasteiger partial charge in [-0.15, -0.1) is 0 Å². The van der Waals surface area contributed by atoms with Crippen LogP contribution >= 0.6 is 0 Å². The Hall–Kier alpha value is -1.83. The van der Waals surface area contributed by atoms with E-state index in [0.717, 1.165) is 17.5 Å². The summed E-state index contributed by atoms with van der Waals surface area (Å²) in [6, 6.07) is 10.6. The molecular formula is C14H16N2. The molecule has 82 valence electrons. The number of anilines is 1. The zero-order valence-corrected chi connectivity index (χ0v) is 9.70. The third kappa shape index (κ3) is 2.40. The maximum absolute atomic E-state index is 5.86. The van der Waals surface area contributed by atoms with Crippen LogP contribution in [0.5, 0.6) is 0 Å². The van der Waals surface area contributed by atoms with Gasteiger partial charge in [0.2, 0.25) is 0 Å². The molecule has 0 aliphatic rings. The molecule has 0 aliphatic carbocycles. The van der Waals surface area contributed by atoms with E-state index >= 15 is 0 Å². The van der Waals surface area contributed by atoms with Gasteiger partial charge >= 0.3 is 0 Å². The zero-order chi connectivity index (χ0) is 11.5. The highest BCUT2D eigenvalue weighted by Gasteiger charge is 2.02. The van der Waals surface area contributed by atoms with Crippen LogP contribution in [0.4, 0.5) is 5.82 Å². The molecule has 0 saturated heterocycles. The second kappa shape index (κ2) is 4.35. The lowest BCUT2D eigenvalue weighted by Gasteiger charge is -2.06. The largest absolute Gasteiger partial charge is 0.383 e. The van der Waals surface area contributed by atoms with Gasteiger partial charge in [0.1, 0.15) is 5.82 Å². The molecule has 2 aromatic rings. The summed E-state index contributed by atoms with van der Waals surface area (Å²) < 4.78 is 0. The fourth-order valence-corrected chi connectivity index (χ4v) is 1.82. The van der Waals surface area contributed by atoms with Crippen LogP contribution in [0.25, 0.3) is 0 Å². The normalized spacial score (nSPS) is 10.4. The predicted molar refractivity (Wildman–Crippen MR) is 67.4 cm³/mol. The van der Waals surface area contributed by atoms with Crippen LogP contribution < -0.4 is 5.73 Å². The Morgan fingerprint density at radius 1 is 1.12 bits per heavy atom. The molecule has 0 atom stereocenters. The van der Waals surface area contributed by atoms with Gasteiger partial charge in [-0.25, -0.2) is 4.98 Å². The first-order chi connectivity index (χ1) is 7.65. The minimum absolute atomic E-state index is 0.632. The summed E-state index contributed by atoms with van der Waals surface area (Å²) in [6.45, 7) is 4.13. The molecule has 0 saturated carbocycles. The number of hydrogen-bond acceptors (Lipinski definition) is 2. The minimum Gasteiger partial charge on any atom is -0.383 e. The number of nitrogens with zero attached hydrogens (tertiary/aromatic N) is 1. The van der Waals surface area contributed by atoms with E-state index in [1.54, 1.807) is 6.20 Å². The van der Waals surface area contributed by atoms with Gasteiger partial charge in [-0.05, 0) is 30.5 Å². The molecule has 2 rings (SSSR count). The second-order valence-electron chi connectivity index (χ2n) is 4.22. The van der Waals surface area contributed by atoms with Crippen LogP contribution in [0.15, 0.2) is 36.5 Å². The van der Waals surface area contributed by atoms with Gasteiger partial charge in [-0.3, -0.25) is 0 Å². The Bertz CT molecular complexity index is 504. The predicted octanol–water partition coefficient (Wildman–Crippen LogP) is 2.87. The molecule has 2 N–H and O–H groups in total. The van der Waals surface area contributed by atoms with Gasteiger partial charge < -0.3 is 5.73 Å². The third-order valence-electron chi connectivity index (χ3n) is 2.62. The zero-order valence-electron chi connectivity index (χ0n) is 9.70. The minimum atomic E-state index is 0.632. The fourth-order valence-electron chi connectivity index (χ4n) is 1.82. The molecule has 0 fully saturated rings. The second-order valence-corrected chi connectivity index (χ2v) is 4.22. The number of hydrogen-bond donors (Lipinski definition) is 1. The molecule has 0 spiro atoms. The van der Waals surface area contributed by atoms with E-state index in [1.807, 2.05) is 6.92 Å². The van der Waals surface area contributed by atoms with Crippen molar-refractivity contribution in [3.8, 4) is 0 Å². The summed E-state index contributed by atoms with van der Waals surface area (Å²) in [5.41, 5.74) is 10.7. The molecule has 1 aromatic heterocycles. The van der Waals surface area contributed by atoms with Gasteiger partial charge in [0.15, 0.2) is 0 Å². The van der Waals surface area contributed by atoms with Gasteiger partial charge in [0, 0.05) is 12.6 Å². The summed E-state index contributed by atoms with van der Waals surface area (Å²) >= 11 is 0. The first-order valence-electron chi connectivity index (χ1n) is 5.41. The van der Waals surface area contributed by atoms with Gasteiger partial charge in [0.25, 0.3) is 0 Å². The number of aryl methyl sites for hydroxylation is 2. The lowest BCUT2D eigenvalue weighted by atomic mass is 10.0. The van der Waals surface area contributed by atoms with Crippen molar-refractivity contribution in [3.05, 3.63) is 58.8 Å². The molecule has 0 unspecified atom stereocenters. The summed E-state index contributed by atoms with van der Waals surface area (Å²) in [7, 11) is 0. The molecule has 0 radical (unpaired) electrons. The van der Waals surface area contributed by atoms with Crippen LogP contribution in [-0.2, 0) is 6.42 Å². The highest BCUT2D eigenvalue weighted by Crippen LogP contribution is 2.16. The maximum atomic E-state index is 5.86. The number of rotatable bonds is 2. The average molecular weight is 212 g/mol. The van der Waals surface area contributed by atoms with Gasteiger partial charge in [-0.2, -0.15) is 0 Å². The van der Waals surface area contributed by atoms with Gasteiger partial charge in [0.05, 0.1) is 0 Å².